The molecule has 132 valence electrons. The Labute approximate surface area is 150 Å². The maximum absolute atomic E-state index is 13.0. The molecule has 25 heavy (non-hydrogen) atoms. The zero-order valence-corrected chi connectivity index (χ0v) is 16.2. The Kier molecular flexibility index (Phi) is 4.34. The molecule has 0 bridgehead atoms. The van der Waals surface area contributed by atoms with Gasteiger partial charge in [-0.05, 0) is 44.4 Å². The minimum atomic E-state index is -3.92. The Morgan fingerprint density at radius 1 is 0.960 bits per heavy atom. The molecule has 0 unspecified atom stereocenters. The molecule has 0 saturated heterocycles. The molecule has 0 amide bonds. The molecule has 0 fully saturated rings. The summed E-state index contributed by atoms with van der Waals surface area (Å²) in [5.74, 6) is 0. The van der Waals surface area contributed by atoms with Gasteiger partial charge in [0.2, 0.25) is 9.84 Å². The first-order valence-corrected chi connectivity index (χ1v) is 11.1. The summed E-state index contributed by atoms with van der Waals surface area (Å²) in [6.45, 7) is 4.80. The first-order chi connectivity index (χ1) is 11.7. The highest BCUT2D eigenvalue weighted by Gasteiger charge is 2.31. The number of rotatable bonds is 4. The number of aromatic nitrogens is 2. The average molecular weight is 397 g/mol. The van der Waals surface area contributed by atoms with Crippen molar-refractivity contribution in [3.63, 3.8) is 0 Å². The zero-order chi connectivity index (χ0) is 18.4. The third-order valence-corrected chi connectivity index (χ3v) is 8.82. The molecule has 0 spiro atoms. The maximum Gasteiger partial charge on any atom is 0.292 e. The van der Waals surface area contributed by atoms with Crippen LogP contribution in [-0.2, 0) is 19.9 Å². The van der Waals surface area contributed by atoms with Crippen molar-refractivity contribution < 1.29 is 16.8 Å². The van der Waals surface area contributed by atoms with E-state index in [1.54, 1.807) is 23.6 Å². The summed E-state index contributed by atoms with van der Waals surface area (Å²) in [6, 6.07) is 9.50. The highest BCUT2D eigenvalue weighted by molar-refractivity contribution is 7.92. The van der Waals surface area contributed by atoms with Gasteiger partial charge in [-0.15, -0.1) is 11.3 Å². The van der Waals surface area contributed by atoms with Crippen molar-refractivity contribution >= 4 is 31.2 Å². The highest BCUT2D eigenvalue weighted by Crippen LogP contribution is 2.29. The van der Waals surface area contributed by atoms with Gasteiger partial charge in [-0.3, -0.25) is 0 Å². The van der Waals surface area contributed by atoms with E-state index in [0.717, 1.165) is 21.0 Å². The molecule has 0 atom stereocenters. The van der Waals surface area contributed by atoms with E-state index < -0.39 is 19.9 Å². The lowest BCUT2D eigenvalue weighted by molar-refractivity contribution is 0.579. The number of aryl methyl sites for hydroxylation is 2. The van der Waals surface area contributed by atoms with Crippen LogP contribution in [0, 0.1) is 20.8 Å². The maximum atomic E-state index is 13.0. The topological polar surface area (TPSA) is 86.1 Å². The lowest BCUT2D eigenvalue weighted by Gasteiger charge is -2.07. The standard InChI is InChI=1S/C16H16N2O4S3/c1-11-6-8-14(9-7-11)24(19,20)16-12(2)17-18(13(16)3)25(21,22)15-5-4-10-23-15/h4-10H,1-3H3. The van der Waals surface area contributed by atoms with Gasteiger partial charge in [0, 0.05) is 0 Å². The van der Waals surface area contributed by atoms with E-state index in [4.69, 9.17) is 0 Å². The van der Waals surface area contributed by atoms with Gasteiger partial charge in [0.1, 0.15) is 9.10 Å². The van der Waals surface area contributed by atoms with Crippen molar-refractivity contribution in [3.8, 4) is 0 Å². The number of benzene rings is 1. The smallest absolute Gasteiger partial charge is 0.218 e. The van der Waals surface area contributed by atoms with Crippen LogP contribution in [0.25, 0.3) is 0 Å². The van der Waals surface area contributed by atoms with Gasteiger partial charge in [-0.2, -0.15) is 17.6 Å². The average Bonchev–Trinajstić information content (AvgIpc) is 3.16. The molecule has 0 aliphatic rings. The van der Waals surface area contributed by atoms with Crippen molar-refractivity contribution in [1.29, 1.82) is 0 Å². The van der Waals surface area contributed by atoms with E-state index in [1.807, 2.05) is 6.92 Å². The van der Waals surface area contributed by atoms with E-state index >= 15 is 0 Å². The van der Waals surface area contributed by atoms with E-state index in [-0.39, 0.29) is 25.4 Å². The van der Waals surface area contributed by atoms with E-state index in [0.29, 0.717) is 0 Å². The van der Waals surface area contributed by atoms with Crippen molar-refractivity contribution in [3.05, 3.63) is 58.7 Å². The van der Waals surface area contributed by atoms with Crippen LogP contribution in [0.5, 0.6) is 0 Å². The largest absolute Gasteiger partial charge is 0.292 e. The van der Waals surface area contributed by atoms with Crippen LogP contribution in [0.15, 0.2) is 55.8 Å². The number of sulfone groups is 1. The number of thiophene rings is 1. The minimum absolute atomic E-state index is 0.0727. The van der Waals surface area contributed by atoms with Gasteiger partial charge < -0.3 is 0 Å². The van der Waals surface area contributed by atoms with E-state index in [1.165, 1.54) is 32.0 Å². The first kappa shape index (κ1) is 17.8. The summed E-state index contributed by atoms with van der Waals surface area (Å²) in [7, 11) is -7.79. The molecule has 6 nitrogen and oxygen atoms in total. The van der Waals surface area contributed by atoms with Crippen LogP contribution in [0.2, 0.25) is 0 Å². The summed E-state index contributed by atoms with van der Waals surface area (Å²) >= 11 is 1.06. The summed E-state index contributed by atoms with van der Waals surface area (Å²) < 4.78 is 52.3. The molecule has 0 saturated carbocycles. The molecule has 3 rings (SSSR count). The number of hydrogen-bond acceptors (Lipinski definition) is 6. The first-order valence-electron chi connectivity index (χ1n) is 7.33. The van der Waals surface area contributed by atoms with E-state index in [9.17, 15) is 16.8 Å². The van der Waals surface area contributed by atoms with Crippen LogP contribution in [0.3, 0.4) is 0 Å². The van der Waals surface area contributed by atoms with Gasteiger partial charge in [0.25, 0.3) is 10.0 Å². The Morgan fingerprint density at radius 3 is 2.16 bits per heavy atom. The fraction of sp³-hybridized carbons (Fsp3) is 0.188. The lowest BCUT2D eigenvalue weighted by Crippen LogP contribution is -2.15. The number of hydrogen-bond donors (Lipinski definition) is 0. The Morgan fingerprint density at radius 2 is 1.60 bits per heavy atom. The predicted octanol–water partition coefficient (Wildman–Crippen LogP) is 2.94. The Bertz CT molecular complexity index is 1120. The Balaban J connectivity index is 2.20. The van der Waals surface area contributed by atoms with Crippen molar-refractivity contribution in [2.45, 2.75) is 34.8 Å². The Hall–Kier alpha value is -1.97. The number of nitrogens with zero attached hydrogens (tertiary/aromatic N) is 2. The van der Waals surface area contributed by atoms with Crippen LogP contribution < -0.4 is 0 Å². The van der Waals surface area contributed by atoms with Crippen LogP contribution in [0.4, 0.5) is 0 Å². The molecule has 3 aromatic rings. The fourth-order valence-corrected chi connectivity index (χ4v) is 6.67. The molecular weight excluding hydrogens is 380 g/mol. The van der Waals surface area contributed by atoms with Gasteiger partial charge >= 0.3 is 0 Å². The molecule has 2 heterocycles. The summed E-state index contributed by atoms with van der Waals surface area (Å²) in [5.41, 5.74) is 1.16. The van der Waals surface area contributed by atoms with Crippen molar-refractivity contribution in [2.75, 3.05) is 0 Å². The van der Waals surface area contributed by atoms with Gasteiger partial charge in [0.15, 0.2) is 0 Å². The summed E-state index contributed by atoms with van der Waals surface area (Å²) in [4.78, 5) is 0.0360. The molecule has 0 N–H and O–H groups in total. The molecular formula is C16H16N2O4S3. The second-order valence-electron chi connectivity index (χ2n) is 5.60. The predicted molar refractivity (Wildman–Crippen MR) is 95.2 cm³/mol. The monoisotopic (exact) mass is 396 g/mol. The van der Waals surface area contributed by atoms with Gasteiger partial charge in [-0.1, -0.05) is 23.8 Å². The molecule has 1 aromatic carbocycles. The molecule has 0 aliphatic carbocycles. The SMILES string of the molecule is Cc1ccc(S(=O)(=O)c2c(C)nn(S(=O)(=O)c3cccs3)c2C)cc1. The van der Waals surface area contributed by atoms with Crippen molar-refractivity contribution in [1.82, 2.24) is 9.19 Å². The van der Waals surface area contributed by atoms with Crippen LogP contribution >= 0.6 is 11.3 Å². The zero-order valence-electron chi connectivity index (χ0n) is 13.8. The van der Waals surface area contributed by atoms with E-state index in [2.05, 4.69) is 5.10 Å². The second-order valence-corrected chi connectivity index (χ2v) is 10.4. The van der Waals surface area contributed by atoms with Gasteiger partial charge in [0.05, 0.1) is 16.3 Å². The van der Waals surface area contributed by atoms with Crippen LogP contribution in [-0.4, -0.2) is 26.0 Å². The summed E-state index contributed by atoms with van der Waals surface area (Å²) in [5, 5.41) is 5.64. The molecule has 0 aliphatic heterocycles. The molecule has 2 aromatic heterocycles. The van der Waals surface area contributed by atoms with Gasteiger partial charge in [-0.25, -0.2) is 8.42 Å². The molecule has 0 radical (unpaired) electrons. The quantitative estimate of drug-likeness (QED) is 0.677. The fourth-order valence-electron chi connectivity index (χ4n) is 2.56. The highest BCUT2D eigenvalue weighted by atomic mass is 32.2. The normalized spacial score (nSPS) is 12.4. The second kappa shape index (κ2) is 6.08. The van der Waals surface area contributed by atoms with Crippen molar-refractivity contribution in [2.24, 2.45) is 0 Å². The molecule has 9 heteroatoms. The minimum Gasteiger partial charge on any atom is -0.218 e. The third-order valence-electron chi connectivity index (χ3n) is 3.76. The lowest BCUT2D eigenvalue weighted by atomic mass is 10.2. The third kappa shape index (κ3) is 2.92. The van der Waals surface area contributed by atoms with Crippen LogP contribution in [0.1, 0.15) is 17.0 Å². The summed E-state index contributed by atoms with van der Waals surface area (Å²) in [6.07, 6.45) is 0.